The van der Waals surface area contributed by atoms with E-state index in [1.54, 1.807) is 0 Å². The number of hydrogen-bond donors (Lipinski definition) is 2. The average Bonchev–Trinajstić information content (AvgIpc) is 2.74. The topological polar surface area (TPSA) is 40.5 Å². The van der Waals surface area contributed by atoms with Crippen LogP contribution in [0.2, 0.25) is 0 Å². The second-order valence-electron chi connectivity index (χ2n) is 7.64. The fraction of sp³-hybridized carbons (Fsp3) is 0.684. The lowest BCUT2D eigenvalue weighted by molar-refractivity contribution is 0.0337. The Bertz CT molecular complexity index is 464. The molecular weight excluding hydrogens is 260 g/mol. The SMILES string of the molecule is C=C1CC=C(CO)CC=C2C(C(C)(C)O)CCC2(C)CC1. The van der Waals surface area contributed by atoms with Gasteiger partial charge in [0.05, 0.1) is 12.2 Å². The van der Waals surface area contributed by atoms with Crippen LogP contribution < -0.4 is 0 Å². The first kappa shape index (κ1) is 16.5. The van der Waals surface area contributed by atoms with Crippen molar-refractivity contribution in [1.82, 2.24) is 0 Å². The first-order valence-corrected chi connectivity index (χ1v) is 8.14. The molecule has 0 heterocycles. The zero-order valence-electron chi connectivity index (χ0n) is 13.8. The molecule has 2 atom stereocenters. The fourth-order valence-corrected chi connectivity index (χ4v) is 3.87. The van der Waals surface area contributed by atoms with Gasteiger partial charge in [-0.25, -0.2) is 0 Å². The zero-order chi connectivity index (χ0) is 15.7. The molecule has 1 fully saturated rings. The number of rotatable bonds is 2. The van der Waals surface area contributed by atoms with Crippen molar-refractivity contribution in [2.24, 2.45) is 11.3 Å². The quantitative estimate of drug-likeness (QED) is 0.750. The number of fused-ring (bicyclic) bond motifs is 1. The van der Waals surface area contributed by atoms with Crippen LogP contribution in [0.4, 0.5) is 0 Å². The molecule has 2 aliphatic rings. The maximum absolute atomic E-state index is 10.5. The Morgan fingerprint density at radius 2 is 2.00 bits per heavy atom. The van der Waals surface area contributed by atoms with Crippen molar-refractivity contribution < 1.29 is 10.2 Å². The van der Waals surface area contributed by atoms with Crippen molar-refractivity contribution in [2.75, 3.05) is 6.61 Å². The monoisotopic (exact) mass is 290 g/mol. The van der Waals surface area contributed by atoms with E-state index in [1.807, 2.05) is 13.8 Å². The average molecular weight is 290 g/mol. The normalized spacial score (nSPS) is 31.5. The second kappa shape index (κ2) is 6.10. The molecule has 0 bridgehead atoms. The molecule has 0 amide bonds. The van der Waals surface area contributed by atoms with Gasteiger partial charge in [-0.15, -0.1) is 0 Å². The van der Waals surface area contributed by atoms with Crippen molar-refractivity contribution in [1.29, 1.82) is 0 Å². The van der Waals surface area contributed by atoms with Gasteiger partial charge in [0.1, 0.15) is 0 Å². The summed E-state index contributed by atoms with van der Waals surface area (Å²) in [5.74, 6) is 0.232. The summed E-state index contributed by atoms with van der Waals surface area (Å²) in [4.78, 5) is 0. The van der Waals surface area contributed by atoms with Crippen LogP contribution in [0, 0.1) is 11.3 Å². The Kier molecular flexibility index (Phi) is 4.79. The summed E-state index contributed by atoms with van der Waals surface area (Å²) in [7, 11) is 0. The molecule has 2 rings (SSSR count). The molecule has 0 radical (unpaired) electrons. The van der Waals surface area contributed by atoms with E-state index in [1.165, 1.54) is 11.1 Å². The maximum atomic E-state index is 10.5. The molecule has 2 N–H and O–H groups in total. The van der Waals surface area contributed by atoms with Gasteiger partial charge in [0, 0.05) is 5.92 Å². The number of allylic oxidation sites excluding steroid dienone is 3. The number of aliphatic hydroxyl groups is 2. The van der Waals surface area contributed by atoms with Crippen molar-refractivity contribution in [3.63, 3.8) is 0 Å². The van der Waals surface area contributed by atoms with E-state index in [0.717, 1.165) is 44.1 Å². The lowest BCUT2D eigenvalue weighted by Crippen LogP contribution is -2.32. The molecule has 0 aromatic heterocycles. The summed E-state index contributed by atoms with van der Waals surface area (Å²) in [6, 6.07) is 0. The van der Waals surface area contributed by atoms with Crippen molar-refractivity contribution in [2.45, 2.75) is 64.9 Å². The van der Waals surface area contributed by atoms with Gasteiger partial charge < -0.3 is 10.2 Å². The highest BCUT2D eigenvalue weighted by Crippen LogP contribution is 2.53. The van der Waals surface area contributed by atoms with Crippen LogP contribution in [-0.4, -0.2) is 22.4 Å². The molecule has 2 aliphatic carbocycles. The minimum absolute atomic E-state index is 0.112. The van der Waals surface area contributed by atoms with Crippen LogP contribution in [0.1, 0.15) is 59.3 Å². The highest BCUT2D eigenvalue weighted by atomic mass is 16.3. The van der Waals surface area contributed by atoms with Gasteiger partial charge in [-0.1, -0.05) is 36.8 Å². The lowest BCUT2D eigenvalue weighted by Gasteiger charge is -2.34. The highest BCUT2D eigenvalue weighted by Gasteiger charge is 2.45. The molecule has 118 valence electrons. The summed E-state index contributed by atoms with van der Waals surface area (Å²) in [5, 5.41) is 20.0. The van der Waals surface area contributed by atoms with Gasteiger partial charge in [-0.3, -0.25) is 0 Å². The first-order chi connectivity index (χ1) is 9.76. The van der Waals surface area contributed by atoms with Gasteiger partial charge in [0.25, 0.3) is 0 Å². The molecule has 21 heavy (non-hydrogen) atoms. The Hall–Kier alpha value is -0.860. The summed E-state index contributed by atoms with van der Waals surface area (Å²) in [6.45, 7) is 10.5. The van der Waals surface area contributed by atoms with E-state index in [2.05, 4.69) is 25.7 Å². The summed E-state index contributed by atoms with van der Waals surface area (Å²) < 4.78 is 0. The van der Waals surface area contributed by atoms with E-state index < -0.39 is 5.60 Å². The molecule has 1 saturated carbocycles. The van der Waals surface area contributed by atoms with E-state index >= 15 is 0 Å². The third-order valence-corrected chi connectivity index (χ3v) is 5.41. The minimum atomic E-state index is -0.673. The zero-order valence-corrected chi connectivity index (χ0v) is 13.8. The first-order valence-electron chi connectivity index (χ1n) is 8.14. The fourth-order valence-electron chi connectivity index (χ4n) is 3.87. The molecule has 0 aromatic rings. The van der Waals surface area contributed by atoms with Gasteiger partial charge >= 0.3 is 0 Å². The van der Waals surface area contributed by atoms with Crippen molar-refractivity contribution in [3.05, 3.63) is 35.5 Å². The van der Waals surface area contributed by atoms with E-state index in [4.69, 9.17) is 0 Å². The molecule has 0 saturated heterocycles. The van der Waals surface area contributed by atoms with Gasteiger partial charge in [0.15, 0.2) is 0 Å². The molecule has 0 aromatic carbocycles. The van der Waals surface area contributed by atoms with E-state index in [9.17, 15) is 10.2 Å². The van der Waals surface area contributed by atoms with E-state index in [-0.39, 0.29) is 17.9 Å². The van der Waals surface area contributed by atoms with Crippen LogP contribution in [0.5, 0.6) is 0 Å². The highest BCUT2D eigenvalue weighted by molar-refractivity contribution is 5.28. The molecule has 2 nitrogen and oxygen atoms in total. The predicted molar refractivity (Wildman–Crippen MR) is 88.0 cm³/mol. The standard InChI is InChI=1S/C19H30O2/c1-14-5-6-15(13-20)7-8-17-16(18(2,3)21)10-12-19(17,4)11-9-14/h6,8,16,20-21H,1,5,7,9-13H2,2-4H3. The van der Waals surface area contributed by atoms with Crippen LogP contribution in [-0.2, 0) is 0 Å². The summed E-state index contributed by atoms with van der Waals surface area (Å²) >= 11 is 0. The molecule has 2 unspecified atom stereocenters. The second-order valence-corrected chi connectivity index (χ2v) is 7.64. The van der Waals surface area contributed by atoms with Crippen LogP contribution in [0.25, 0.3) is 0 Å². The van der Waals surface area contributed by atoms with Gasteiger partial charge in [0.2, 0.25) is 0 Å². The van der Waals surface area contributed by atoms with Gasteiger partial charge in [-0.05, 0) is 63.4 Å². The Labute approximate surface area is 129 Å². The molecule has 2 heteroatoms. The van der Waals surface area contributed by atoms with Crippen LogP contribution >= 0.6 is 0 Å². The van der Waals surface area contributed by atoms with Crippen molar-refractivity contribution in [3.8, 4) is 0 Å². The number of hydrogen-bond acceptors (Lipinski definition) is 2. The molecule has 0 aliphatic heterocycles. The Morgan fingerprint density at radius 3 is 2.62 bits per heavy atom. The summed E-state index contributed by atoms with van der Waals surface area (Å²) in [5.41, 5.74) is 3.20. The van der Waals surface area contributed by atoms with Crippen LogP contribution in [0.15, 0.2) is 35.5 Å². The third-order valence-electron chi connectivity index (χ3n) is 5.41. The van der Waals surface area contributed by atoms with E-state index in [0.29, 0.717) is 0 Å². The number of aliphatic hydroxyl groups excluding tert-OH is 1. The molecule has 0 spiro atoms. The largest absolute Gasteiger partial charge is 0.392 e. The smallest absolute Gasteiger partial charge is 0.0656 e. The molecular formula is C19H30O2. The van der Waals surface area contributed by atoms with Crippen LogP contribution in [0.3, 0.4) is 0 Å². The van der Waals surface area contributed by atoms with Gasteiger partial charge in [-0.2, -0.15) is 0 Å². The predicted octanol–water partition coefficient (Wildman–Crippen LogP) is 4.15. The summed E-state index contributed by atoms with van der Waals surface area (Å²) in [6.07, 6.45) is 10.4. The maximum Gasteiger partial charge on any atom is 0.0656 e. The Morgan fingerprint density at radius 1 is 1.29 bits per heavy atom. The van der Waals surface area contributed by atoms with Crippen molar-refractivity contribution >= 4 is 0 Å². The minimum Gasteiger partial charge on any atom is -0.392 e. The Balaban J connectivity index is 2.36. The third kappa shape index (κ3) is 3.67. The lowest BCUT2D eigenvalue weighted by atomic mass is 9.74.